The number of furan rings is 1. The molecule has 7 heteroatoms. The van der Waals surface area contributed by atoms with E-state index in [1.807, 2.05) is 36.4 Å². The second-order valence-corrected chi connectivity index (χ2v) is 6.75. The van der Waals surface area contributed by atoms with Gasteiger partial charge in [0.15, 0.2) is 5.11 Å². The van der Waals surface area contributed by atoms with Crippen LogP contribution in [0.3, 0.4) is 0 Å². The van der Waals surface area contributed by atoms with Crippen LogP contribution in [0.15, 0.2) is 50.4 Å². The molecule has 2 heterocycles. The molecule has 24 heavy (non-hydrogen) atoms. The predicted molar refractivity (Wildman–Crippen MR) is 102 cm³/mol. The molecule has 5 nitrogen and oxygen atoms in total. The zero-order valence-electron chi connectivity index (χ0n) is 13.0. The second-order valence-electron chi connectivity index (χ2n) is 5.42. The SMILES string of the molecule is S=C(NC[C@@H]1CCCO1)N/N=C\c1ccc(-c2ccc(Br)cc2)o1. The standard InChI is InChI=1S/C17H18BrN3O2S/c18-13-5-3-12(4-6-13)16-8-7-15(23-16)11-20-21-17(24)19-10-14-2-1-9-22-14/h3-8,11,14H,1-2,9-10H2,(H2,19,21,24)/b20-11-/t14-/m0/s1. The van der Waals surface area contributed by atoms with Crippen LogP contribution in [0.2, 0.25) is 0 Å². The van der Waals surface area contributed by atoms with Crippen molar-refractivity contribution in [2.24, 2.45) is 5.10 Å². The van der Waals surface area contributed by atoms with Crippen molar-refractivity contribution in [1.82, 2.24) is 10.7 Å². The monoisotopic (exact) mass is 407 g/mol. The Morgan fingerprint density at radius 3 is 2.88 bits per heavy atom. The number of ether oxygens (including phenoxy) is 1. The average Bonchev–Trinajstić information content (AvgIpc) is 3.25. The third-order valence-electron chi connectivity index (χ3n) is 3.63. The first-order valence-corrected chi connectivity index (χ1v) is 8.95. The first-order valence-electron chi connectivity index (χ1n) is 7.75. The van der Waals surface area contributed by atoms with Crippen molar-refractivity contribution < 1.29 is 9.15 Å². The van der Waals surface area contributed by atoms with Crippen LogP contribution in [0.1, 0.15) is 18.6 Å². The van der Waals surface area contributed by atoms with E-state index < -0.39 is 0 Å². The molecular formula is C17H18BrN3O2S. The molecular weight excluding hydrogens is 390 g/mol. The number of rotatable bonds is 5. The average molecular weight is 408 g/mol. The highest BCUT2D eigenvalue weighted by Gasteiger charge is 2.15. The summed E-state index contributed by atoms with van der Waals surface area (Å²) in [5.74, 6) is 1.45. The minimum Gasteiger partial charge on any atom is -0.455 e. The summed E-state index contributed by atoms with van der Waals surface area (Å²) < 4.78 is 12.3. The van der Waals surface area contributed by atoms with Gasteiger partial charge in [-0.05, 0) is 49.3 Å². The molecule has 1 fully saturated rings. The van der Waals surface area contributed by atoms with E-state index in [4.69, 9.17) is 21.4 Å². The maximum absolute atomic E-state index is 5.74. The van der Waals surface area contributed by atoms with E-state index in [-0.39, 0.29) is 6.10 Å². The van der Waals surface area contributed by atoms with Crippen LogP contribution in [-0.4, -0.2) is 30.6 Å². The molecule has 1 aromatic carbocycles. The van der Waals surface area contributed by atoms with Crippen LogP contribution in [0.4, 0.5) is 0 Å². The number of halogens is 1. The molecule has 2 aromatic rings. The van der Waals surface area contributed by atoms with Crippen molar-refractivity contribution in [3.8, 4) is 11.3 Å². The van der Waals surface area contributed by atoms with Crippen molar-refractivity contribution in [2.45, 2.75) is 18.9 Å². The van der Waals surface area contributed by atoms with Gasteiger partial charge < -0.3 is 14.5 Å². The first-order chi connectivity index (χ1) is 11.7. The fourth-order valence-electron chi connectivity index (χ4n) is 2.40. The van der Waals surface area contributed by atoms with E-state index in [0.717, 1.165) is 35.2 Å². The minimum absolute atomic E-state index is 0.243. The summed E-state index contributed by atoms with van der Waals surface area (Å²) >= 11 is 8.59. The lowest BCUT2D eigenvalue weighted by atomic mass is 10.2. The molecule has 1 aliphatic heterocycles. The molecule has 0 spiro atoms. The van der Waals surface area contributed by atoms with Crippen molar-refractivity contribution in [3.63, 3.8) is 0 Å². The molecule has 0 saturated carbocycles. The van der Waals surface area contributed by atoms with Crippen LogP contribution >= 0.6 is 28.1 Å². The predicted octanol–water partition coefficient (Wildman–Crippen LogP) is 3.69. The minimum atomic E-state index is 0.243. The lowest BCUT2D eigenvalue weighted by Gasteiger charge is -2.11. The number of nitrogens with one attached hydrogen (secondary N) is 2. The molecule has 0 bridgehead atoms. The number of hydrogen-bond acceptors (Lipinski definition) is 4. The molecule has 0 unspecified atom stereocenters. The highest BCUT2D eigenvalue weighted by molar-refractivity contribution is 9.10. The van der Waals surface area contributed by atoms with Gasteiger partial charge in [-0.15, -0.1) is 0 Å². The second kappa shape index (κ2) is 8.41. The fourth-order valence-corrected chi connectivity index (χ4v) is 2.80. The Morgan fingerprint density at radius 2 is 2.12 bits per heavy atom. The third-order valence-corrected chi connectivity index (χ3v) is 4.39. The summed E-state index contributed by atoms with van der Waals surface area (Å²) in [5.41, 5.74) is 3.79. The smallest absolute Gasteiger partial charge is 0.187 e. The Morgan fingerprint density at radius 1 is 1.29 bits per heavy atom. The summed E-state index contributed by atoms with van der Waals surface area (Å²) in [5, 5.41) is 7.65. The lowest BCUT2D eigenvalue weighted by molar-refractivity contribution is 0.114. The van der Waals surface area contributed by atoms with Crippen LogP contribution in [0, 0.1) is 0 Å². The first kappa shape index (κ1) is 17.1. The van der Waals surface area contributed by atoms with Gasteiger partial charge in [0.25, 0.3) is 0 Å². The van der Waals surface area contributed by atoms with E-state index >= 15 is 0 Å². The Labute approximate surface area is 154 Å². The van der Waals surface area contributed by atoms with Gasteiger partial charge in [-0.25, -0.2) is 0 Å². The molecule has 126 valence electrons. The number of hydrogen-bond donors (Lipinski definition) is 2. The molecule has 1 atom stereocenters. The maximum atomic E-state index is 5.74. The van der Waals surface area contributed by atoms with Crippen LogP contribution in [-0.2, 0) is 4.74 Å². The highest BCUT2D eigenvalue weighted by Crippen LogP contribution is 2.23. The van der Waals surface area contributed by atoms with Crippen molar-refractivity contribution in [3.05, 3.63) is 46.6 Å². The molecule has 0 amide bonds. The Kier molecular flexibility index (Phi) is 6.01. The van der Waals surface area contributed by atoms with E-state index in [9.17, 15) is 0 Å². The molecule has 0 radical (unpaired) electrons. The van der Waals surface area contributed by atoms with Gasteiger partial charge in [0.1, 0.15) is 11.5 Å². The molecule has 1 aliphatic rings. The van der Waals surface area contributed by atoms with Crippen molar-refractivity contribution in [1.29, 1.82) is 0 Å². The Bertz CT molecular complexity index is 709. The molecule has 1 aromatic heterocycles. The quantitative estimate of drug-likeness (QED) is 0.449. The van der Waals surface area contributed by atoms with E-state index in [1.54, 1.807) is 6.21 Å². The van der Waals surface area contributed by atoms with Crippen molar-refractivity contribution >= 4 is 39.5 Å². The zero-order valence-corrected chi connectivity index (χ0v) is 15.4. The van der Waals surface area contributed by atoms with Gasteiger partial charge in [0, 0.05) is 23.2 Å². The van der Waals surface area contributed by atoms with Gasteiger partial charge in [-0.3, -0.25) is 5.43 Å². The van der Waals surface area contributed by atoms with Crippen LogP contribution in [0.5, 0.6) is 0 Å². The summed E-state index contributed by atoms with van der Waals surface area (Å²) in [4.78, 5) is 0. The normalized spacial score (nSPS) is 17.3. The lowest BCUT2D eigenvalue weighted by Crippen LogP contribution is -2.37. The number of hydrazone groups is 1. The highest BCUT2D eigenvalue weighted by atomic mass is 79.9. The molecule has 3 rings (SSSR count). The topological polar surface area (TPSA) is 58.8 Å². The number of thiocarbonyl (C=S) groups is 1. The van der Waals surface area contributed by atoms with E-state index in [2.05, 4.69) is 31.8 Å². The van der Waals surface area contributed by atoms with Gasteiger partial charge >= 0.3 is 0 Å². The van der Waals surface area contributed by atoms with Gasteiger partial charge in [-0.1, -0.05) is 28.1 Å². The summed E-state index contributed by atoms with van der Waals surface area (Å²) in [6, 6.07) is 11.7. The maximum Gasteiger partial charge on any atom is 0.187 e. The largest absolute Gasteiger partial charge is 0.455 e. The van der Waals surface area contributed by atoms with Gasteiger partial charge in [0.05, 0.1) is 12.3 Å². The van der Waals surface area contributed by atoms with Crippen molar-refractivity contribution in [2.75, 3.05) is 13.2 Å². The fraction of sp³-hybridized carbons (Fsp3) is 0.294. The molecule has 0 aliphatic carbocycles. The Balaban J connectivity index is 1.48. The third kappa shape index (κ3) is 4.90. The number of benzene rings is 1. The van der Waals surface area contributed by atoms with Crippen LogP contribution < -0.4 is 10.7 Å². The van der Waals surface area contributed by atoms with E-state index in [0.29, 0.717) is 17.4 Å². The van der Waals surface area contributed by atoms with Gasteiger partial charge in [0.2, 0.25) is 0 Å². The summed E-state index contributed by atoms with van der Waals surface area (Å²) in [6.45, 7) is 1.54. The summed E-state index contributed by atoms with van der Waals surface area (Å²) in [7, 11) is 0. The number of nitrogens with zero attached hydrogens (tertiary/aromatic N) is 1. The Hall–Kier alpha value is -1.70. The summed E-state index contributed by atoms with van der Waals surface area (Å²) in [6.07, 6.45) is 4.03. The molecule has 2 N–H and O–H groups in total. The van der Waals surface area contributed by atoms with Gasteiger partial charge in [-0.2, -0.15) is 5.10 Å². The van der Waals surface area contributed by atoms with Crippen LogP contribution in [0.25, 0.3) is 11.3 Å². The zero-order chi connectivity index (χ0) is 16.8. The molecule has 1 saturated heterocycles. The van der Waals surface area contributed by atoms with E-state index in [1.165, 1.54) is 0 Å².